The summed E-state index contributed by atoms with van der Waals surface area (Å²) in [5, 5.41) is 8.35. The van der Waals surface area contributed by atoms with Crippen molar-refractivity contribution in [2.24, 2.45) is 0 Å². The highest BCUT2D eigenvalue weighted by Crippen LogP contribution is 2.17. The van der Waals surface area contributed by atoms with Crippen LogP contribution in [0.3, 0.4) is 0 Å². The van der Waals surface area contributed by atoms with Crippen LogP contribution >= 0.6 is 0 Å². The van der Waals surface area contributed by atoms with Gasteiger partial charge in [-0.2, -0.15) is 5.26 Å². The molecule has 4 heteroatoms. The largest absolute Gasteiger partial charge is 0.494 e. The number of carbonyl (C=O) groups excluding carboxylic acids is 1. The zero-order valence-corrected chi connectivity index (χ0v) is 28.0. The molecule has 0 aliphatic rings. The molecule has 0 radical (unpaired) electrons. The monoisotopic (exact) mass is 597 g/mol. The molecule has 0 amide bonds. The first-order chi connectivity index (χ1) is 21.1. The van der Waals surface area contributed by atoms with E-state index in [9.17, 15) is 0 Å². The summed E-state index contributed by atoms with van der Waals surface area (Å²) in [6.07, 6.45) is 20.4. The Hall–Kier alpha value is -4.28. The summed E-state index contributed by atoms with van der Waals surface area (Å²) < 4.78 is 11.1. The fourth-order valence-corrected chi connectivity index (χ4v) is 3.35. The number of allylic oxidation sites excluding steroid dienone is 3. The Bertz CT molecular complexity index is 1160. The molecule has 0 aliphatic carbocycles. The summed E-state index contributed by atoms with van der Waals surface area (Å²) >= 11 is 0. The van der Waals surface area contributed by atoms with E-state index in [1.165, 1.54) is 62.1 Å². The number of carbonyl (C=O) groups is 1. The molecule has 0 N–H and O–H groups in total. The third-order valence-corrected chi connectivity index (χ3v) is 5.65. The predicted octanol–water partition coefficient (Wildman–Crippen LogP) is 11.1. The Morgan fingerprint density at radius 3 is 1.95 bits per heavy atom. The summed E-state index contributed by atoms with van der Waals surface area (Å²) in [5.41, 5.74) is 5.21. The smallest absolute Gasteiger partial charge is 0.119 e. The Labute approximate surface area is 269 Å². The van der Waals surface area contributed by atoms with Gasteiger partial charge >= 0.3 is 0 Å². The number of rotatable bonds is 16. The van der Waals surface area contributed by atoms with E-state index in [1.807, 2.05) is 50.3 Å². The Kier molecular flexibility index (Phi) is 28.7. The topological polar surface area (TPSA) is 59.3 Å². The second kappa shape index (κ2) is 30.2. The molecule has 0 fully saturated rings. The summed E-state index contributed by atoms with van der Waals surface area (Å²) in [6, 6.07) is 18.0. The molecule has 0 saturated carbocycles. The van der Waals surface area contributed by atoms with Crippen molar-refractivity contribution in [3.05, 3.63) is 102 Å². The minimum atomic E-state index is 0.520. The molecule has 2 rings (SSSR count). The maximum Gasteiger partial charge on any atom is 0.119 e. The van der Waals surface area contributed by atoms with Crippen LogP contribution in [0.4, 0.5) is 0 Å². The van der Waals surface area contributed by atoms with Gasteiger partial charge in [0, 0.05) is 12.0 Å². The van der Waals surface area contributed by atoms with Crippen molar-refractivity contribution >= 4 is 17.9 Å². The minimum Gasteiger partial charge on any atom is -0.494 e. The lowest BCUT2D eigenvalue weighted by molar-refractivity contribution is -0.106. The Morgan fingerprint density at radius 1 is 0.886 bits per heavy atom. The van der Waals surface area contributed by atoms with Crippen molar-refractivity contribution in [3.8, 4) is 24.2 Å². The number of aryl methyl sites for hydroxylation is 1. The third-order valence-electron chi connectivity index (χ3n) is 5.65. The molecule has 238 valence electrons. The highest BCUT2D eigenvalue weighted by atomic mass is 16.5. The number of benzene rings is 2. The van der Waals surface area contributed by atoms with E-state index in [2.05, 4.69) is 69.8 Å². The summed E-state index contributed by atoms with van der Waals surface area (Å²) in [6.45, 7) is 22.3. The van der Waals surface area contributed by atoms with Crippen LogP contribution in [0.5, 0.6) is 5.75 Å². The van der Waals surface area contributed by atoms with Crippen molar-refractivity contribution in [1.82, 2.24) is 0 Å². The highest BCUT2D eigenvalue weighted by molar-refractivity contribution is 5.76. The van der Waals surface area contributed by atoms with Gasteiger partial charge in [-0.15, -0.1) is 13.0 Å². The van der Waals surface area contributed by atoms with E-state index in [4.69, 9.17) is 26.0 Å². The number of ether oxygens (including phenoxy) is 2. The Balaban J connectivity index is 0. The first-order valence-corrected chi connectivity index (χ1v) is 15.5. The molecular weight excluding hydrogens is 542 g/mol. The van der Waals surface area contributed by atoms with Gasteiger partial charge in [0.2, 0.25) is 0 Å². The standard InChI is InChI=1S/C20H30O.C14H13NO.C4H8.C2H4O/c1-4-5-6-7-8-9-10-17-21-19(3)13-16-20-14-11-18(2)12-15-20;1-3-12(2)13-6-8-14(9-7-13)16-11-5-4-10-15;1-4(2)3;1-2-3/h11-16H,3-10,17H2,1-2H3;1,6-9H,2,4-5,11H2;1H2,2-3H3;2H,1H3/b16-13+;;;. The molecule has 0 atom stereocenters. The van der Waals surface area contributed by atoms with Gasteiger partial charge in [0.1, 0.15) is 17.8 Å². The van der Waals surface area contributed by atoms with Crippen LogP contribution in [-0.4, -0.2) is 19.5 Å². The second-order valence-electron chi connectivity index (χ2n) is 10.4. The number of hydrogen-bond acceptors (Lipinski definition) is 4. The lowest BCUT2D eigenvalue weighted by Gasteiger charge is -2.05. The molecule has 0 saturated heterocycles. The average molecular weight is 598 g/mol. The first-order valence-electron chi connectivity index (χ1n) is 15.5. The van der Waals surface area contributed by atoms with E-state index in [1.54, 1.807) is 0 Å². The number of nitrogens with zero attached hydrogens (tertiary/aromatic N) is 1. The summed E-state index contributed by atoms with van der Waals surface area (Å²) in [5.74, 6) is 4.02. The second-order valence-corrected chi connectivity index (χ2v) is 10.4. The van der Waals surface area contributed by atoms with Gasteiger partial charge < -0.3 is 14.3 Å². The lowest BCUT2D eigenvalue weighted by atomic mass is 10.1. The van der Waals surface area contributed by atoms with Crippen molar-refractivity contribution < 1.29 is 14.3 Å². The molecule has 2 aromatic rings. The van der Waals surface area contributed by atoms with Crippen LogP contribution in [0.1, 0.15) is 102 Å². The fraction of sp³-hybridized carbons (Fsp3) is 0.400. The normalized spacial score (nSPS) is 9.34. The van der Waals surface area contributed by atoms with Crippen LogP contribution in [0.25, 0.3) is 11.6 Å². The minimum absolute atomic E-state index is 0.520. The lowest BCUT2D eigenvalue weighted by Crippen LogP contribution is -1.96. The molecule has 0 bridgehead atoms. The zero-order valence-electron chi connectivity index (χ0n) is 28.0. The van der Waals surface area contributed by atoms with E-state index >= 15 is 0 Å². The third kappa shape index (κ3) is 27.9. The van der Waals surface area contributed by atoms with Gasteiger partial charge in [-0.3, -0.25) is 0 Å². The Morgan fingerprint density at radius 2 is 1.43 bits per heavy atom. The fourth-order valence-electron chi connectivity index (χ4n) is 3.35. The van der Waals surface area contributed by atoms with Gasteiger partial charge in [-0.05, 0) is 69.9 Å². The summed E-state index contributed by atoms with van der Waals surface area (Å²) in [7, 11) is 0. The maximum atomic E-state index is 8.81. The van der Waals surface area contributed by atoms with Crippen molar-refractivity contribution in [2.45, 2.75) is 92.4 Å². The number of nitriles is 1. The number of aldehydes is 1. The number of terminal acetylenes is 1. The molecule has 2 aromatic carbocycles. The molecule has 0 spiro atoms. The van der Waals surface area contributed by atoms with E-state index in [0.717, 1.165) is 42.8 Å². The van der Waals surface area contributed by atoms with Crippen molar-refractivity contribution in [2.75, 3.05) is 13.2 Å². The zero-order chi connectivity index (χ0) is 33.4. The molecule has 4 nitrogen and oxygen atoms in total. The number of hydrogen-bond donors (Lipinski definition) is 0. The van der Waals surface area contributed by atoms with Crippen LogP contribution in [0.2, 0.25) is 0 Å². The highest BCUT2D eigenvalue weighted by Gasteiger charge is 1.97. The van der Waals surface area contributed by atoms with Gasteiger partial charge in [0.05, 0.1) is 19.3 Å². The number of unbranched alkanes of at least 4 members (excludes halogenated alkanes) is 7. The van der Waals surface area contributed by atoms with E-state index in [-0.39, 0.29) is 0 Å². The molecule has 44 heavy (non-hydrogen) atoms. The van der Waals surface area contributed by atoms with Crippen LogP contribution in [-0.2, 0) is 9.53 Å². The molecule has 0 unspecified atom stereocenters. The SMILES string of the molecule is C#CC(=C)c1ccc(OCCCC#N)cc1.C=C(/C=C/c1ccc(C)cc1)OCCCCCCCCC.C=C(C)C.CC=O. The van der Waals surface area contributed by atoms with Crippen molar-refractivity contribution in [1.29, 1.82) is 5.26 Å². The van der Waals surface area contributed by atoms with Crippen LogP contribution < -0.4 is 4.74 Å². The van der Waals surface area contributed by atoms with E-state index < -0.39 is 0 Å². The van der Waals surface area contributed by atoms with Gasteiger partial charge in [0.25, 0.3) is 0 Å². The molecule has 0 heterocycles. The van der Waals surface area contributed by atoms with Crippen LogP contribution in [0.15, 0.2) is 85.7 Å². The van der Waals surface area contributed by atoms with Crippen LogP contribution in [0, 0.1) is 30.6 Å². The molecular formula is C40H55NO3. The van der Waals surface area contributed by atoms with Gasteiger partial charge in [0.15, 0.2) is 0 Å². The molecule has 0 aromatic heterocycles. The van der Waals surface area contributed by atoms with Gasteiger partial charge in [-0.25, -0.2) is 0 Å². The maximum absolute atomic E-state index is 8.81. The average Bonchev–Trinajstić information content (AvgIpc) is 3.01. The first kappa shape index (κ1) is 41.9. The van der Waals surface area contributed by atoms with E-state index in [0.29, 0.717) is 18.6 Å². The van der Waals surface area contributed by atoms with Crippen molar-refractivity contribution in [3.63, 3.8) is 0 Å². The predicted molar refractivity (Wildman–Crippen MR) is 190 cm³/mol. The quantitative estimate of drug-likeness (QED) is 0.0482. The summed E-state index contributed by atoms with van der Waals surface area (Å²) in [4.78, 5) is 8.81. The molecule has 0 aliphatic heterocycles. The van der Waals surface area contributed by atoms with Gasteiger partial charge in [-0.1, -0.05) is 118 Å².